The average Bonchev–Trinajstić information content (AvgIpc) is 3.35. The lowest BCUT2D eigenvalue weighted by molar-refractivity contribution is -0.126. The Morgan fingerprint density at radius 1 is 1.10 bits per heavy atom. The van der Waals surface area contributed by atoms with E-state index >= 15 is 0 Å². The van der Waals surface area contributed by atoms with Crippen molar-refractivity contribution in [3.05, 3.63) is 83.1 Å². The van der Waals surface area contributed by atoms with Gasteiger partial charge in [0.15, 0.2) is 0 Å². The zero-order valence-corrected chi connectivity index (χ0v) is 18.0. The Bertz CT molecular complexity index is 1020. The Morgan fingerprint density at radius 2 is 1.87 bits per heavy atom. The number of piperidine rings is 1. The first-order valence-electron chi connectivity index (χ1n) is 10.5. The van der Waals surface area contributed by atoms with Gasteiger partial charge < -0.3 is 10.2 Å². The number of likely N-dealkylation sites (tertiary alicyclic amines) is 1. The fraction of sp³-hybridized carbons (Fsp3) is 0.292. The first-order valence-corrected chi connectivity index (χ1v) is 10.9. The molecule has 31 heavy (non-hydrogen) atoms. The van der Waals surface area contributed by atoms with Crippen LogP contribution in [0.25, 0.3) is 5.69 Å². The molecule has 0 aliphatic carbocycles. The average molecular weight is 437 g/mol. The molecule has 2 heterocycles. The molecule has 1 aliphatic rings. The summed E-state index contributed by atoms with van der Waals surface area (Å²) in [4.78, 5) is 27.2. The Labute approximate surface area is 186 Å². The van der Waals surface area contributed by atoms with Gasteiger partial charge in [0, 0.05) is 42.6 Å². The maximum Gasteiger partial charge on any atom is 0.253 e. The number of carbonyl (C=O) groups excluding carboxylic acids is 2. The number of nitrogens with one attached hydrogen (secondary N) is 1. The standard InChI is InChI=1S/C24H25ClN4O2/c25-21-8-6-19(7-9-21)24(31)28-15-1-3-20(17-28)23(30)26-14-12-18-4-10-22(11-5-18)29-16-2-13-27-29/h2,4-11,13,16,20H,1,3,12,14-15,17H2,(H,26,30). The molecule has 0 spiro atoms. The van der Waals surface area contributed by atoms with Gasteiger partial charge in [-0.1, -0.05) is 23.7 Å². The van der Waals surface area contributed by atoms with Crippen molar-refractivity contribution in [1.29, 1.82) is 0 Å². The van der Waals surface area contributed by atoms with Gasteiger partial charge in [0.1, 0.15) is 0 Å². The molecule has 4 rings (SSSR count). The normalized spacial score (nSPS) is 16.2. The quantitative estimate of drug-likeness (QED) is 0.640. The van der Waals surface area contributed by atoms with Gasteiger partial charge in [0.25, 0.3) is 5.91 Å². The molecule has 7 heteroatoms. The number of benzene rings is 2. The highest BCUT2D eigenvalue weighted by Crippen LogP contribution is 2.20. The van der Waals surface area contributed by atoms with Crippen LogP contribution >= 0.6 is 11.6 Å². The molecule has 2 aromatic carbocycles. The van der Waals surface area contributed by atoms with Crippen molar-refractivity contribution in [2.75, 3.05) is 19.6 Å². The van der Waals surface area contributed by atoms with Crippen LogP contribution in [-0.2, 0) is 11.2 Å². The predicted molar refractivity (Wildman–Crippen MR) is 120 cm³/mol. The number of carbonyl (C=O) groups is 2. The van der Waals surface area contributed by atoms with E-state index in [4.69, 9.17) is 11.6 Å². The molecule has 1 aliphatic heterocycles. The maximum absolute atomic E-state index is 12.7. The number of rotatable bonds is 6. The van der Waals surface area contributed by atoms with Crippen molar-refractivity contribution in [3.8, 4) is 5.69 Å². The van der Waals surface area contributed by atoms with Gasteiger partial charge >= 0.3 is 0 Å². The zero-order chi connectivity index (χ0) is 21.6. The number of halogens is 1. The third kappa shape index (κ3) is 5.33. The van der Waals surface area contributed by atoms with E-state index in [1.54, 1.807) is 35.4 Å². The SMILES string of the molecule is O=C(NCCc1ccc(-n2cccn2)cc1)C1CCCN(C(=O)c2ccc(Cl)cc2)C1. The molecular weight excluding hydrogens is 412 g/mol. The van der Waals surface area contributed by atoms with Gasteiger partial charge in [-0.25, -0.2) is 4.68 Å². The molecule has 6 nitrogen and oxygen atoms in total. The molecular formula is C24H25ClN4O2. The highest BCUT2D eigenvalue weighted by molar-refractivity contribution is 6.30. The highest BCUT2D eigenvalue weighted by Gasteiger charge is 2.28. The molecule has 1 aromatic heterocycles. The molecule has 0 radical (unpaired) electrons. The number of amides is 2. The zero-order valence-electron chi connectivity index (χ0n) is 17.2. The highest BCUT2D eigenvalue weighted by atomic mass is 35.5. The topological polar surface area (TPSA) is 67.2 Å². The van der Waals surface area contributed by atoms with Gasteiger partial charge in [0.2, 0.25) is 5.91 Å². The molecule has 1 unspecified atom stereocenters. The van der Waals surface area contributed by atoms with E-state index < -0.39 is 0 Å². The van der Waals surface area contributed by atoms with Gasteiger partial charge in [-0.2, -0.15) is 5.10 Å². The van der Waals surface area contributed by atoms with Gasteiger partial charge in [-0.3, -0.25) is 9.59 Å². The molecule has 2 amide bonds. The first kappa shape index (κ1) is 21.1. The first-order chi connectivity index (χ1) is 15.1. The summed E-state index contributed by atoms with van der Waals surface area (Å²) in [5.74, 6) is -0.208. The summed E-state index contributed by atoms with van der Waals surface area (Å²) in [6, 6.07) is 16.9. The van der Waals surface area contributed by atoms with Crippen LogP contribution in [0.4, 0.5) is 0 Å². The van der Waals surface area contributed by atoms with Crippen molar-refractivity contribution >= 4 is 23.4 Å². The number of aromatic nitrogens is 2. The monoisotopic (exact) mass is 436 g/mol. The van der Waals surface area contributed by atoms with E-state index in [0.29, 0.717) is 30.2 Å². The van der Waals surface area contributed by atoms with Gasteiger partial charge in [0.05, 0.1) is 11.6 Å². The van der Waals surface area contributed by atoms with Crippen LogP contribution in [0.5, 0.6) is 0 Å². The predicted octanol–water partition coefficient (Wildman–Crippen LogP) is 3.74. The Balaban J connectivity index is 1.26. The van der Waals surface area contributed by atoms with Crippen LogP contribution in [0.2, 0.25) is 5.02 Å². The van der Waals surface area contributed by atoms with Crippen molar-refractivity contribution in [3.63, 3.8) is 0 Å². The molecule has 0 bridgehead atoms. The van der Waals surface area contributed by atoms with Gasteiger partial charge in [-0.05, 0) is 67.3 Å². The lowest BCUT2D eigenvalue weighted by Gasteiger charge is -2.32. The summed E-state index contributed by atoms with van der Waals surface area (Å²) < 4.78 is 1.81. The number of hydrogen-bond acceptors (Lipinski definition) is 3. The second-order valence-electron chi connectivity index (χ2n) is 7.76. The van der Waals surface area contributed by atoms with Crippen LogP contribution in [0.1, 0.15) is 28.8 Å². The fourth-order valence-corrected chi connectivity index (χ4v) is 3.99. The fourth-order valence-electron chi connectivity index (χ4n) is 3.86. The van der Waals surface area contributed by atoms with Crippen molar-refractivity contribution < 1.29 is 9.59 Å². The van der Waals surface area contributed by atoms with Crippen LogP contribution in [0, 0.1) is 5.92 Å². The van der Waals surface area contributed by atoms with E-state index in [1.165, 1.54) is 0 Å². The minimum absolute atomic E-state index is 0.0155. The Morgan fingerprint density at radius 3 is 2.58 bits per heavy atom. The minimum atomic E-state index is -0.174. The second kappa shape index (κ2) is 9.79. The van der Waals surface area contributed by atoms with Crippen molar-refractivity contribution in [1.82, 2.24) is 20.0 Å². The van der Waals surface area contributed by atoms with E-state index in [9.17, 15) is 9.59 Å². The minimum Gasteiger partial charge on any atom is -0.355 e. The lowest BCUT2D eigenvalue weighted by Crippen LogP contribution is -2.45. The third-order valence-electron chi connectivity index (χ3n) is 5.59. The number of hydrogen-bond donors (Lipinski definition) is 1. The molecule has 3 aromatic rings. The molecule has 1 atom stereocenters. The number of nitrogens with zero attached hydrogens (tertiary/aromatic N) is 3. The Kier molecular flexibility index (Phi) is 6.67. The largest absolute Gasteiger partial charge is 0.355 e. The van der Waals surface area contributed by atoms with Gasteiger partial charge in [-0.15, -0.1) is 0 Å². The summed E-state index contributed by atoms with van der Waals surface area (Å²) in [6.07, 6.45) is 6.03. The van der Waals surface area contributed by atoms with E-state index in [2.05, 4.69) is 22.5 Å². The Hall–Kier alpha value is -3.12. The summed E-state index contributed by atoms with van der Waals surface area (Å²) in [5.41, 5.74) is 2.76. The van der Waals surface area contributed by atoms with Crippen LogP contribution in [0.3, 0.4) is 0 Å². The summed E-state index contributed by atoms with van der Waals surface area (Å²) in [5, 5.41) is 7.86. The molecule has 0 saturated carbocycles. The van der Waals surface area contributed by atoms with E-state index in [1.807, 2.05) is 29.1 Å². The molecule has 160 valence electrons. The summed E-state index contributed by atoms with van der Waals surface area (Å²) in [7, 11) is 0. The summed E-state index contributed by atoms with van der Waals surface area (Å²) in [6.45, 7) is 1.70. The van der Waals surface area contributed by atoms with E-state index in [0.717, 1.165) is 30.5 Å². The summed E-state index contributed by atoms with van der Waals surface area (Å²) >= 11 is 5.91. The smallest absolute Gasteiger partial charge is 0.253 e. The van der Waals surface area contributed by atoms with Crippen LogP contribution < -0.4 is 5.32 Å². The lowest BCUT2D eigenvalue weighted by atomic mass is 9.96. The maximum atomic E-state index is 12.7. The molecule has 1 saturated heterocycles. The second-order valence-corrected chi connectivity index (χ2v) is 8.19. The van der Waals surface area contributed by atoms with Crippen LogP contribution in [0.15, 0.2) is 67.0 Å². The van der Waals surface area contributed by atoms with E-state index in [-0.39, 0.29) is 17.7 Å². The molecule has 1 fully saturated rings. The molecule has 1 N–H and O–H groups in total. The van der Waals surface area contributed by atoms with Crippen molar-refractivity contribution in [2.24, 2.45) is 5.92 Å². The van der Waals surface area contributed by atoms with Crippen LogP contribution in [-0.4, -0.2) is 46.1 Å². The van der Waals surface area contributed by atoms with Crippen molar-refractivity contribution in [2.45, 2.75) is 19.3 Å². The third-order valence-corrected chi connectivity index (χ3v) is 5.84.